The fraction of sp³-hybridized carbons (Fsp3) is 0.550. The number of hydrogen-bond donors (Lipinski definition) is 1. The van der Waals surface area contributed by atoms with Gasteiger partial charge < -0.3 is 5.32 Å². The number of benzene rings is 1. The van der Waals surface area contributed by atoms with Crippen LogP contribution in [0.2, 0.25) is 0 Å². The van der Waals surface area contributed by atoms with Gasteiger partial charge in [0.05, 0.1) is 11.8 Å². The second-order valence-electron chi connectivity index (χ2n) is 7.79. The first kappa shape index (κ1) is 20.5. The number of hydrogen-bond acceptors (Lipinski definition) is 3. The molecule has 0 spiro atoms. The van der Waals surface area contributed by atoms with Crippen LogP contribution in [-0.4, -0.2) is 38.8 Å². The van der Waals surface area contributed by atoms with Crippen molar-refractivity contribution in [2.24, 2.45) is 23.7 Å². The van der Waals surface area contributed by atoms with E-state index in [1.165, 1.54) is 4.90 Å². The fourth-order valence-electron chi connectivity index (χ4n) is 5.03. The predicted molar refractivity (Wildman–Crippen MR) is 117 cm³/mol. The van der Waals surface area contributed by atoms with E-state index in [0.717, 1.165) is 28.6 Å². The molecule has 2 saturated carbocycles. The molecule has 5 nitrogen and oxygen atoms in total. The van der Waals surface area contributed by atoms with Crippen LogP contribution in [0.3, 0.4) is 0 Å². The van der Waals surface area contributed by atoms with Gasteiger partial charge in [0, 0.05) is 32.8 Å². The van der Waals surface area contributed by atoms with Crippen LogP contribution < -0.4 is 5.32 Å². The summed E-state index contributed by atoms with van der Waals surface area (Å²) in [4.78, 5) is 40.0. The van der Waals surface area contributed by atoms with Gasteiger partial charge >= 0.3 is 0 Å². The summed E-state index contributed by atoms with van der Waals surface area (Å²) in [5, 5.41) is 2.91. The number of carbonyl (C=O) groups is 3. The molecule has 3 aliphatic rings. The van der Waals surface area contributed by atoms with E-state index in [9.17, 15) is 14.4 Å². The van der Waals surface area contributed by atoms with Crippen LogP contribution in [0.15, 0.2) is 22.7 Å². The maximum absolute atomic E-state index is 12.9. The maximum Gasteiger partial charge on any atom is 0.233 e. The zero-order valence-corrected chi connectivity index (χ0v) is 20.1. The van der Waals surface area contributed by atoms with E-state index in [1.807, 2.05) is 25.1 Å². The zero-order valence-electron chi connectivity index (χ0n) is 15.3. The molecular weight excluding hydrogens is 556 g/mol. The standard InChI is InChI=1S/C20H21Br3N2O3/c1-2-9-7-10(21)3-4-13(9)24-14(26)5-6-25-19(27)15-11-8-12(16(15)20(25)28)18(23)17(11)22/h3-4,7,11-12,15-18H,2,5-6,8H2,1H3,(H,24,26)/t11-,12+,15-,16-,17+,18+/m0/s1. The van der Waals surface area contributed by atoms with Crippen molar-refractivity contribution >= 4 is 71.2 Å². The molecule has 3 amide bonds. The lowest BCUT2D eigenvalue weighted by Crippen LogP contribution is -2.37. The Labute approximate surface area is 189 Å². The van der Waals surface area contributed by atoms with Gasteiger partial charge in [0.25, 0.3) is 0 Å². The molecule has 1 aromatic carbocycles. The number of nitrogens with one attached hydrogen (secondary N) is 1. The van der Waals surface area contributed by atoms with Crippen molar-refractivity contribution in [3.8, 4) is 0 Å². The largest absolute Gasteiger partial charge is 0.326 e. The lowest BCUT2D eigenvalue weighted by atomic mass is 9.81. The third-order valence-electron chi connectivity index (χ3n) is 6.36. The number of likely N-dealkylation sites (tertiary alicyclic amines) is 1. The predicted octanol–water partition coefficient (Wildman–Crippen LogP) is 4.12. The summed E-state index contributed by atoms with van der Waals surface area (Å²) in [5.74, 6) is -0.439. The Kier molecular flexibility index (Phi) is 5.75. The normalized spacial score (nSPS) is 33.5. The van der Waals surface area contributed by atoms with Crippen molar-refractivity contribution < 1.29 is 14.4 Å². The van der Waals surface area contributed by atoms with Gasteiger partial charge in [0.1, 0.15) is 0 Å². The van der Waals surface area contributed by atoms with Gasteiger partial charge in [-0.2, -0.15) is 0 Å². The molecule has 28 heavy (non-hydrogen) atoms. The van der Waals surface area contributed by atoms with Gasteiger partial charge in [-0.1, -0.05) is 54.7 Å². The molecule has 1 saturated heterocycles. The van der Waals surface area contributed by atoms with Crippen LogP contribution in [0.5, 0.6) is 0 Å². The van der Waals surface area contributed by atoms with Crippen LogP contribution in [0.1, 0.15) is 25.3 Å². The van der Waals surface area contributed by atoms with Crippen molar-refractivity contribution in [2.75, 3.05) is 11.9 Å². The lowest BCUT2D eigenvalue weighted by molar-refractivity contribution is -0.140. The fourth-order valence-corrected chi connectivity index (χ4v) is 7.32. The number of carbonyl (C=O) groups excluding carboxylic acids is 3. The van der Waals surface area contributed by atoms with E-state index in [0.29, 0.717) is 0 Å². The monoisotopic (exact) mass is 574 g/mol. The number of rotatable bonds is 5. The first-order valence-corrected chi connectivity index (χ1v) is 12.2. The van der Waals surface area contributed by atoms with Crippen LogP contribution in [0.25, 0.3) is 0 Å². The minimum atomic E-state index is -0.225. The van der Waals surface area contributed by atoms with Gasteiger partial charge in [-0.15, -0.1) is 0 Å². The Morgan fingerprint density at radius 3 is 2.32 bits per heavy atom. The smallest absolute Gasteiger partial charge is 0.233 e. The molecule has 1 N–H and O–H groups in total. The summed E-state index contributed by atoms with van der Waals surface area (Å²) in [6, 6.07) is 5.72. The van der Waals surface area contributed by atoms with E-state index in [4.69, 9.17) is 0 Å². The number of anilines is 1. The molecule has 0 aromatic heterocycles. The van der Waals surface area contributed by atoms with Crippen molar-refractivity contribution in [1.82, 2.24) is 4.90 Å². The quantitative estimate of drug-likeness (QED) is 0.424. The number of fused-ring (bicyclic) bond motifs is 5. The Balaban J connectivity index is 1.40. The second kappa shape index (κ2) is 7.84. The highest BCUT2D eigenvalue weighted by Crippen LogP contribution is 2.60. The van der Waals surface area contributed by atoms with E-state index < -0.39 is 0 Å². The molecule has 4 rings (SSSR count). The molecule has 1 heterocycles. The average molecular weight is 577 g/mol. The minimum Gasteiger partial charge on any atom is -0.326 e. The molecular formula is C20H21Br3N2O3. The third kappa shape index (κ3) is 3.29. The number of amides is 3. The number of nitrogens with zero attached hydrogens (tertiary/aromatic N) is 1. The first-order valence-electron chi connectivity index (χ1n) is 9.55. The molecule has 2 bridgehead atoms. The highest BCUT2D eigenvalue weighted by atomic mass is 79.9. The number of aryl methyl sites for hydroxylation is 1. The Hall–Kier alpha value is -0.730. The first-order chi connectivity index (χ1) is 13.3. The van der Waals surface area contributed by atoms with Crippen molar-refractivity contribution in [2.45, 2.75) is 35.8 Å². The molecule has 0 radical (unpaired) electrons. The molecule has 1 aliphatic heterocycles. The van der Waals surface area contributed by atoms with Crippen LogP contribution in [0, 0.1) is 23.7 Å². The average Bonchev–Trinajstić information content (AvgIpc) is 3.27. The minimum absolute atomic E-state index is 0.1000. The summed E-state index contributed by atoms with van der Waals surface area (Å²) in [5.41, 5.74) is 1.81. The zero-order chi connectivity index (χ0) is 20.2. The highest BCUT2D eigenvalue weighted by molar-refractivity contribution is 9.12. The summed E-state index contributed by atoms with van der Waals surface area (Å²) < 4.78 is 0.965. The van der Waals surface area contributed by atoms with Crippen LogP contribution in [0.4, 0.5) is 5.69 Å². The molecule has 3 fully saturated rings. The van der Waals surface area contributed by atoms with E-state index >= 15 is 0 Å². The van der Waals surface area contributed by atoms with Gasteiger partial charge in [-0.05, 0) is 48.4 Å². The summed E-state index contributed by atoms with van der Waals surface area (Å²) in [6.07, 6.45) is 1.82. The number of halogens is 3. The van der Waals surface area contributed by atoms with Gasteiger partial charge in [0.15, 0.2) is 0 Å². The molecule has 2 aliphatic carbocycles. The maximum atomic E-state index is 12.9. The highest BCUT2D eigenvalue weighted by Gasteiger charge is 2.66. The van der Waals surface area contributed by atoms with Gasteiger partial charge in [-0.3, -0.25) is 19.3 Å². The van der Waals surface area contributed by atoms with E-state index in [-0.39, 0.29) is 64.0 Å². The van der Waals surface area contributed by atoms with E-state index in [2.05, 4.69) is 53.1 Å². The molecule has 8 heteroatoms. The molecule has 1 aromatic rings. The molecule has 6 atom stereocenters. The van der Waals surface area contributed by atoms with Gasteiger partial charge in [-0.25, -0.2) is 0 Å². The summed E-state index contributed by atoms with van der Waals surface area (Å²) >= 11 is 10.8. The van der Waals surface area contributed by atoms with Crippen LogP contribution >= 0.6 is 47.8 Å². The second-order valence-corrected chi connectivity index (χ2v) is 10.8. The Morgan fingerprint density at radius 1 is 1.14 bits per heavy atom. The molecule has 0 unspecified atom stereocenters. The Morgan fingerprint density at radius 2 is 1.75 bits per heavy atom. The third-order valence-corrected chi connectivity index (χ3v) is 10.1. The van der Waals surface area contributed by atoms with Crippen molar-refractivity contribution in [1.29, 1.82) is 0 Å². The Bertz CT molecular complexity index is 814. The van der Waals surface area contributed by atoms with E-state index in [1.54, 1.807) is 0 Å². The van der Waals surface area contributed by atoms with Crippen molar-refractivity contribution in [3.63, 3.8) is 0 Å². The van der Waals surface area contributed by atoms with Crippen molar-refractivity contribution in [3.05, 3.63) is 28.2 Å². The number of imide groups is 1. The summed E-state index contributed by atoms with van der Waals surface area (Å²) in [7, 11) is 0. The van der Waals surface area contributed by atoms with Crippen LogP contribution in [-0.2, 0) is 20.8 Å². The molecule has 150 valence electrons. The number of alkyl halides is 2. The SMILES string of the molecule is CCc1cc(Br)ccc1NC(=O)CCN1C(=O)[C@H]2[C@@H]3C[C@@H]([C@@H](Br)[C@@H]3Br)[C@@H]2C1=O. The summed E-state index contributed by atoms with van der Waals surface area (Å²) in [6.45, 7) is 2.17. The lowest BCUT2D eigenvalue weighted by Gasteiger charge is -2.28. The topological polar surface area (TPSA) is 66.5 Å². The van der Waals surface area contributed by atoms with Gasteiger partial charge in [0.2, 0.25) is 17.7 Å².